The highest BCUT2D eigenvalue weighted by molar-refractivity contribution is 6.03. The summed E-state index contributed by atoms with van der Waals surface area (Å²) in [5.41, 5.74) is 2.54. The van der Waals surface area contributed by atoms with Crippen molar-refractivity contribution in [3.63, 3.8) is 0 Å². The number of aromatic nitrogens is 2. The lowest BCUT2D eigenvalue weighted by molar-refractivity contribution is -0.172. The van der Waals surface area contributed by atoms with Crippen molar-refractivity contribution in [1.29, 1.82) is 0 Å². The van der Waals surface area contributed by atoms with Crippen molar-refractivity contribution < 1.29 is 62.1 Å². The standard InChI is InChI=1S/C59H67FN6O13/c1-4-59(77)41-26-45-54-39(29-66(45)57(75)40(41)30-78-58(59)76)52-36(16-18-38-33(3)42(60)27-44(64-54)53(38)52)25-47(69)55(35-14-15-35)79-31-62-49(71)21-19-46(68)43(24-34-11-7-5-8-12-34)63-50(72)20-17-37(67)28-61-48(70)13-9-6-10-22-65-51(73)23-32(2)56(65)74/h5,7-8,11-12,26-27,32,35-36,43,55,77H,4,6,9-10,13-25,28-31H2,1-3H3,(H,61,70)(H,62,71)(H,63,72)/t32?,36-,43+,55+,59+/m1/s1. The molecule has 0 spiro atoms. The van der Waals surface area contributed by atoms with E-state index in [2.05, 4.69) is 16.0 Å². The number of hydrogen-bond acceptors (Lipinski definition) is 14. The summed E-state index contributed by atoms with van der Waals surface area (Å²) < 4.78 is 28.4. The molecular formula is C59H67FN6O13. The number of aliphatic hydroxyl groups is 1. The number of amides is 5. The number of carbonyl (C=O) groups excluding carboxylic acids is 9. The summed E-state index contributed by atoms with van der Waals surface area (Å²) in [7, 11) is 0. The predicted molar refractivity (Wildman–Crippen MR) is 283 cm³/mol. The molecular weight excluding hydrogens is 1020 g/mol. The minimum atomic E-state index is -2.04. The second-order valence-electron chi connectivity index (χ2n) is 21.8. The first-order valence-electron chi connectivity index (χ1n) is 27.6. The third-order valence-corrected chi connectivity index (χ3v) is 16.3. The number of hydrogen-bond donors (Lipinski definition) is 4. The van der Waals surface area contributed by atoms with E-state index in [0.717, 1.165) is 34.9 Å². The number of aryl methyl sites for hydroxylation is 1. The predicted octanol–water partition coefficient (Wildman–Crippen LogP) is 4.88. The van der Waals surface area contributed by atoms with E-state index in [1.165, 1.54) is 15.5 Å². The number of nitrogens with zero attached hydrogens (tertiary/aromatic N) is 3. The zero-order valence-electron chi connectivity index (χ0n) is 44.8. The summed E-state index contributed by atoms with van der Waals surface area (Å²) >= 11 is 0. The SMILES string of the molecule is CC[C@@]1(O)C(=O)OCc2c1cc1n(c2=O)Cc2c-1nc1cc(F)c(C)c3c1c2[C@@H](CC(=O)[C@@H](OCNC(=O)CCC(=O)[C@H](Cc1ccccc1)NC(=O)CCC(=O)CNC(=O)CCCCCN1C(=O)CC(C)C1=O)C1CC1)CC3. The van der Waals surface area contributed by atoms with Crippen molar-refractivity contribution in [2.45, 2.75) is 160 Å². The fourth-order valence-corrected chi connectivity index (χ4v) is 11.6. The molecule has 2 aliphatic carbocycles. The number of ether oxygens (including phenoxy) is 2. The maximum absolute atomic E-state index is 15.5. The molecule has 4 N–H and O–H groups in total. The summed E-state index contributed by atoms with van der Waals surface area (Å²) in [4.78, 5) is 137. The van der Waals surface area contributed by atoms with Gasteiger partial charge in [0.05, 0.1) is 41.6 Å². The van der Waals surface area contributed by atoms with Crippen LogP contribution in [0.3, 0.4) is 0 Å². The fourth-order valence-electron chi connectivity index (χ4n) is 11.6. The first-order chi connectivity index (χ1) is 37.9. The Kier molecular flexibility index (Phi) is 17.1. The Morgan fingerprint density at radius 2 is 1.63 bits per heavy atom. The normalized spacial score (nSPS) is 19.8. The molecule has 2 fully saturated rings. The fraction of sp³-hybridized carbons (Fsp3) is 0.508. The zero-order valence-corrected chi connectivity index (χ0v) is 44.8. The maximum Gasteiger partial charge on any atom is 0.343 e. The van der Waals surface area contributed by atoms with Crippen molar-refractivity contribution in [2.24, 2.45) is 11.8 Å². The van der Waals surface area contributed by atoms with Gasteiger partial charge in [-0.3, -0.25) is 48.1 Å². The van der Waals surface area contributed by atoms with Crippen LogP contribution in [0.2, 0.25) is 0 Å². The monoisotopic (exact) mass is 1090 g/mol. The summed E-state index contributed by atoms with van der Waals surface area (Å²) in [6, 6.07) is 11.0. The van der Waals surface area contributed by atoms with Gasteiger partial charge in [0, 0.05) is 80.0 Å². The Bertz CT molecular complexity index is 3210. The van der Waals surface area contributed by atoms with Gasteiger partial charge in [0.25, 0.3) is 5.56 Å². The number of halogens is 1. The van der Waals surface area contributed by atoms with Gasteiger partial charge in [0.1, 0.15) is 25.3 Å². The molecule has 4 aromatic rings. The van der Waals surface area contributed by atoms with Gasteiger partial charge in [-0.1, -0.05) is 50.6 Å². The van der Waals surface area contributed by atoms with Crippen LogP contribution in [-0.4, -0.2) is 104 Å². The van der Waals surface area contributed by atoms with Gasteiger partial charge in [0.2, 0.25) is 29.5 Å². The molecule has 5 atom stereocenters. The summed E-state index contributed by atoms with van der Waals surface area (Å²) in [6.07, 6.45) is 2.98. The van der Waals surface area contributed by atoms with E-state index in [1.54, 1.807) is 51.1 Å². The lowest BCUT2D eigenvalue weighted by Gasteiger charge is -2.31. The summed E-state index contributed by atoms with van der Waals surface area (Å²) in [5, 5.41) is 20.2. The van der Waals surface area contributed by atoms with Crippen LogP contribution in [0, 0.1) is 24.6 Å². The molecule has 20 heteroatoms. The molecule has 1 saturated carbocycles. The number of rotatable bonds is 26. The number of cyclic esters (lactones) is 1. The Balaban J connectivity index is 0.772. The molecule has 5 amide bonds. The first-order valence-corrected chi connectivity index (χ1v) is 27.6. The molecule has 5 aliphatic rings. The van der Waals surface area contributed by atoms with Gasteiger partial charge in [-0.05, 0) is 98.4 Å². The van der Waals surface area contributed by atoms with Crippen LogP contribution < -0.4 is 21.5 Å². The first kappa shape index (κ1) is 56.4. The number of ketones is 3. The van der Waals surface area contributed by atoms with E-state index >= 15 is 4.39 Å². The lowest BCUT2D eigenvalue weighted by Crippen LogP contribution is -2.44. The largest absolute Gasteiger partial charge is 0.458 e. The third-order valence-electron chi connectivity index (χ3n) is 16.3. The second kappa shape index (κ2) is 24.0. The minimum absolute atomic E-state index is 0.0328. The molecule has 2 aromatic carbocycles. The average molecular weight is 1090 g/mol. The molecule has 5 heterocycles. The van der Waals surface area contributed by atoms with Crippen LogP contribution in [-0.2, 0) is 84.2 Å². The van der Waals surface area contributed by atoms with Gasteiger partial charge < -0.3 is 35.1 Å². The van der Waals surface area contributed by atoms with E-state index in [9.17, 15) is 53.1 Å². The van der Waals surface area contributed by atoms with Crippen LogP contribution in [0.25, 0.3) is 22.3 Å². The molecule has 1 unspecified atom stereocenters. The van der Waals surface area contributed by atoms with Crippen molar-refractivity contribution in [2.75, 3.05) is 19.8 Å². The highest BCUT2D eigenvalue weighted by Crippen LogP contribution is 2.48. The number of fused-ring (bicyclic) bond motifs is 5. The number of likely N-dealkylation sites (tertiary alicyclic amines) is 1. The molecule has 3 aliphatic heterocycles. The molecule has 2 aromatic heterocycles. The zero-order chi connectivity index (χ0) is 56.3. The smallest absolute Gasteiger partial charge is 0.343 e. The van der Waals surface area contributed by atoms with Gasteiger partial charge in [-0.15, -0.1) is 0 Å². The number of carbonyl (C=O) groups is 9. The van der Waals surface area contributed by atoms with Crippen molar-refractivity contribution in [3.8, 4) is 11.4 Å². The number of nitrogens with one attached hydrogen (secondary N) is 3. The Labute approximate surface area is 455 Å². The lowest BCUT2D eigenvalue weighted by atomic mass is 9.76. The molecule has 79 heavy (non-hydrogen) atoms. The van der Waals surface area contributed by atoms with E-state index in [4.69, 9.17) is 14.5 Å². The summed E-state index contributed by atoms with van der Waals surface area (Å²) in [5.74, 6) is -4.74. The number of esters is 1. The van der Waals surface area contributed by atoms with E-state index in [0.29, 0.717) is 66.7 Å². The number of unbranched alkanes of at least 4 members (excludes halogenated alkanes) is 2. The summed E-state index contributed by atoms with van der Waals surface area (Å²) in [6.45, 7) is 4.61. The molecule has 418 valence electrons. The third kappa shape index (κ3) is 12.1. The van der Waals surface area contributed by atoms with Crippen molar-refractivity contribution in [3.05, 3.63) is 97.6 Å². The number of Topliss-reactive ketones (excluding diaryl/α,β-unsaturated/α-hetero) is 3. The van der Waals surface area contributed by atoms with Crippen LogP contribution >= 0.6 is 0 Å². The molecule has 0 radical (unpaired) electrons. The number of benzene rings is 2. The Hall–Kier alpha value is -7.32. The average Bonchev–Trinajstić information content (AvgIpc) is 3.99. The molecule has 0 bridgehead atoms. The highest BCUT2D eigenvalue weighted by Gasteiger charge is 2.46. The second-order valence-corrected chi connectivity index (χ2v) is 21.8. The Morgan fingerprint density at radius 3 is 2.35 bits per heavy atom. The van der Waals surface area contributed by atoms with E-state index < -0.39 is 52.7 Å². The quantitative estimate of drug-likeness (QED) is 0.0249. The van der Waals surface area contributed by atoms with Crippen LogP contribution in [0.15, 0.2) is 47.3 Å². The molecule has 1 saturated heterocycles. The van der Waals surface area contributed by atoms with Crippen LogP contribution in [0.5, 0.6) is 0 Å². The van der Waals surface area contributed by atoms with E-state index in [-0.39, 0.29) is 142 Å². The Morgan fingerprint density at radius 1 is 0.886 bits per heavy atom. The van der Waals surface area contributed by atoms with E-state index in [1.807, 2.05) is 6.07 Å². The van der Waals surface area contributed by atoms with Crippen LogP contribution in [0.4, 0.5) is 4.39 Å². The van der Waals surface area contributed by atoms with Crippen LogP contribution in [0.1, 0.15) is 149 Å². The van der Waals surface area contributed by atoms with Gasteiger partial charge in [0.15, 0.2) is 23.0 Å². The number of imide groups is 1. The molecule has 9 rings (SSSR count). The van der Waals surface area contributed by atoms with Crippen molar-refractivity contribution >= 4 is 63.8 Å². The molecule has 19 nitrogen and oxygen atoms in total. The minimum Gasteiger partial charge on any atom is -0.458 e. The van der Waals surface area contributed by atoms with Gasteiger partial charge in [-0.25, -0.2) is 14.2 Å². The van der Waals surface area contributed by atoms with Gasteiger partial charge >= 0.3 is 5.97 Å². The van der Waals surface area contributed by atoms with Crippen molar-refractivity contribution in [1.82, 2.24) is 30.4 Å². The topological polar surface area (TPSA) is 267 Å². The number of pyridine rings is 2. The van der Waals surface area contributed by atoms with Gasteiger partial charge in [-0.2, -0.15) is 0 Å². The highest BCUT2D eigenvalue weighted by atomic mass is 19.1. The maximum atomic E-state index is 15.5.